The molecule has 3 amide bonds. The van der Waals surface area contributed by atoms with Crippen molar-refractivity contribution in [3.8, 4) is 0 Å². The Morgan fingerprint density at radius 2 is 1.67 bits per heavy atom. The number of carbonyl (C=O) groups excluding carboxylic acids is 3. The Bertz CT molecular complexity index is 587. The highest BCUT2D eigenvalue weighted by Gasteiger charge is 2.17. The molecule has 0 aromatic heterocycles. The van der Waals surface area contributed by atoms with E-state index in [2.05, 4.69) is 16.0 Å². The largest absolute Gasteiger partial charge is 0.346 e. The number of benzene rings is 1. The predicted octanol–water partition coefficient (Wildman–Crippen LogP) is 1.46. The highest BCUT2D eigenvalue weighted by atomic mass is 16.2. The van der Waals surface area contributed by atoms with E-state index in [0.717, 1.165) is 6.42 Å². The van der Waals surface area contributed by atoms with Crippen molar-refractivity contribution < 1.29 is 14.4 Å². The highest BCUT2D eigenvalue weighted by Crippen LogP contribution is 2.15. The zero-order chi connectivity index (χ0) is 18.1. The number of carbonyl (C=O) groups is 3. The van der Waals surface area contributed by atoms with Gasteiger partial charge in [-0.1, -0.05) is 26.8 Å². The lowest BCUT2D eigenvalue weighted by molar-refractivity contribution is -0.125. The molecule has 7 nitrogen and oxygen atoms in total. The van der Waals surface area contributed by atoms with Gasteiger partial charge in [0.05, 0.1) is 12.6 Å². The Labute approximate surface area is 142 Å². The van der Waals surface area contributed by atoms with Gasteiger partial charge in [-0.2, -0.15) is 0 Å². The molecule has 0 bridgehead atoms. The van der Waals surface area contributed by atoms with Gasteiger partial charge in [0.1, 0.15) is 0 Å². The molecule has 0 radical (unpaired) electrons. The van der Waals surface area contributed by atoms with Crippen LogP contribution in [-0.2, 0) is 14.4 Å². The van der Waals surface area contributed by atoms with Gasteiger partial charge in [0.2, 0.25) is 17.7 Å². The standard InChI is InChI=1S/C17H26N4O3/c1-4-6-14(22)20-12-7-5-8-13(9-12)21-15(23)10-19-17(24)16(18)11(2)3/h5,7-9,11,16H,4,6,10,18H2,1-3H3,(H,19,24)(H,20,22)(H,21,23)/t16-/m0/s1. The Balaban J connectivity index is 2.52. The predicted molar refractivity (Wildman–Crippen MR) is 94.4 cm³/mol. The summed E-state index contributed by atoms with van der Waals surface area (Å²) in [4.78, 5) is 35.2. The molecule has 24 heavy (non-hydrogen) atoms. The number of amides is 3. The summed E-state index contributed by atoms with van der Waals surface area (Å²) in [5.74, 6) is -0.801. The summed E-state index contributed by atoms with van der Waals surface area (Å²) in [7, 11) is 0. The lowest BCUT2D eigenvalue weighted by Crippen LogP contribution is -2.46. The van der Waals surface area contributed by atoms with Crippen molar-refractivity contribution in [1.29, 1.82) is 0 Å². The van der Waals surface area contributed by atoms with Crippen molar-refractivity contribution in [2.24, 2.45) is 11.7 Å². The van der Waals surface area contributed by atoms with E-state index >= 15 is 0 Å². The Morgan fingerprint density at radius 1 is 1.08 bits per heavy atom. The number of hydrogen-bond donors (Lipinski definition) is 4. The van der Waals surface area contributed by atoms with Crippen molar-refractivity contribution in [3.05, 3.63) is 24.3 Å². The molecule has 1 aromatic rings. The topological polar surface area (TPSA) is 113 Å². The fourth-order valence-corrected chi connectivity index (χ4v) is 1.92. The van der Waals surface area contributed by atoms with Crippen LogP contribution in [0.15, 0.2) is 24.3 Å². The fraction of sp³-hybridized carbons (Fsp3) is 0.471. The smallest absolute Gasteiger partial charge is 0.243 e. The summed E-state index contributed by atoms with van der Waals surface area (Å²) in [5, 5.41) is 7.92. The molecule has 0 saturated carbocycles. The average Bonchev–Trinajstić information content (AvgIpc) is 2.52. The first-order valence-corrected chi connectivity index (χ1v) is 8.06. The summed E-state index contributed by atoms with van der Waals surface area (Å²) in [5.41, 5.74) is 6.85. The fourth-order valence-electron chi connectivity index (χ4n) is 1.92. The first-order valence-electron chi connectivity index (χ1n) is 8.06. The van der Waals surface area contributed by atoms with Crippen molar-refractivity contribution >= 4 is 29.1 Å². The number of nitrogens with two attached hydrogens (primary N) is 1. The van der Waals surface area contributed by atoms with E-state index in [9.17, 15) is 14.4 Å². The lowest BCUT2D eigenvalue weighted by Gasteiger charge is -2.15. The molecule has 5 N–H and O–H groups in total. The van der Waals surface area contributed by atoms with Crippen LogP contribution in [0.3, 0.4) is 0 Å². The zero-order valence-electron chi connectivity index (χ0n) is 14.4. The van der Waals surface area contributed by atoms with Crippen LogP contribution < -0.4 is 21.7 Å². The van der Waals surface area contributed by atoms with Crippen LogP contribution >= 0.6 is 0 Å². The highest BCUT2D eigenvalue weighted by molar-refractivity contribution is 5.96. The molecular formula is C17H26N4O3. The van der Waals surface area contributed by atoms with Gasteiger partial charge in [0.15, 0.2) is 0 Å². The molecule has 132 valence electrons. The van der Waals surface area contributed by atoms with Crippen LogP contribution in [0.2, 0.25) is 0 Å². The second kappa shape index (κ2) is 9.67. The third-order valence-corrected chi connectivity index (χ3v) is 3.35. The van der Waals surface area contributed by atoms with Crippen LogP contribution in [0.5, 0.6) is 0 Å². The molecule has 0 spiro atoms. The molecule has 0 heterocycles. The second-order valence-electron chi connectivity index (χ2n) is 5.91. The minimum absolute atomic E-state index is 0.00326. The molecular weight excluding hydrogens is 308 g/mol. The summed E-state index contributed by atoms with van der Waals surface area (Å²) in [6.45, 7) is 5.44. The van der Waals surface area contributed by atoms with Gasteiger partial charge in [0.25, 0.3) is 0 Å². The van der Waals surface area contributed by atoms with Gasteiger partial charge >= 0.3 is 0 Å². The molecule has 1 rings (SSSR count). The maximum absolute atomic E-state index is 11.9. The molecule has 1 aromatic carbocycles. The van der Waals surface area contributed by atoms with Gasteiger partial charge in [-0.25, -0.2) is 0 Å². The number of hydrogen-bond acceptors (Lipinski definition) is 4. The van der Waals surface area contributed by atoms with E-state index < -0.39 is 6.04 Å². The van der Waals surface area contributed by atoms with E-state index in [1.54, 1.807) is 24.3 Å². The third kappa shape index (κ3) is 6.78. The molecule has 7 heteroatoms. The van der Waals surface area contributed by atoms with E-state index in [0.29, 0.717) is 17.8 Å². The van der Waals surface area contributed by atoms with Crippen LogP contribution in [0.4, 0.5) is 11.4 Å². The van der Waals surface area contributed by atoms with Crippen LogP contribution in [0.1, 0.15) is 33.6 Å². The maximum atomic E-state index is 11.9. The normalized spacial score (nSPS) is 11.7. The number of rotatable bonds is 8. The quantitative estimate of drug-likeness (QED) is 0.576. The summed E-state index contributed by atoms with van der Waals surface area (Å²) < 4.78 is 0. The minimum Gasteiger partial charge on any atom is -0.346 e. The zero-order valence-corrected chi connectivity index (χ0v) is 14.4. The lowest BCUT2D eigenvalue weighted by atomic mass is 10.1. The molecule has 0 aliphatic rings. The maximum Gasteiger partial charge on any atom is 0.243 e. The van der Waals surface area contributed by atoms with Crippen LogP contribution in [0, 0.1) is 5.92 Å². The van der Waals surface area contributed by atoms with Gasteiger partial charge in [-0.15, -0.1) is 0 Å². The minimum atomic E-state index is -0.644. The van der Waals surface area contributed by atoms with E-state index in [4.69, 9.17) is 5.73 Å². The Morgan fingerprint density at radius 3 is 2.21 bits per heavy atom. The molecule has 0 fully saturated rings. The molecule has 0 aliphatic heterocycles. The number of nitrogens with one attached hydrogen (secondary N) is 3. The first-order chi connectivity index (χ1) is 11.3. The summed E-state index contributed by atoms with van der Waals surface area (Å²) >= 11 is 0. The second-order valence-corrected chi connectivity index (χ2v) is 5.91. The van der Waals surface area contributed by atoms with Crippen molar-refractivity contribution in [2.45, 2.75) is 39.7 Å². The Hall–Kier alpha value is -2.41. The van der Waals surface area contributed by atoms with Gasteiger partial charge in [-0.05, 0) is 30.5 Å². The van der Waals surface area contributed by atoms with E-state index in [-0.39, 0.29) is 30.2 Å². The van der Waals surface area contributed by atoms with Crippen LogP contribution in [-0.4, -0.2) is 30.3 Å². The molecule has 0 saturated heterocycles. The number of anilines is 2. The van der Waals surface area contributed by atoms with E-state index in [1.807, 2.05) is 20.8 Å². The SMILES string of the molecule is CCCC(=O)Nc1cccc(NC(=O)CNC(=O)[C@@H](N)C(C)C)c1. The summed E-state index contributed by atoms with van der Waals surface area (Å²) in [6.07, 6.45) is 1.21. The average molecular weight is 334 g/mol. The van der Waals surface area contributed by atoms with Gasteiger partial charge < -0.3 is 21.7 Å². The van der Waals surface area contributed by atoms with Crippen molar-refractivity contribution in [2.75, 3.05) is 17.2 Å². The molecule has 1 atom stereocenters. The van der Waals surface area contributed by atoms with Gasteiger partial charge in [0, 0.05) is 17.8 Å². The first kappa shape index (κ1) is 19.6. The van der Waals surface area contributed by atoms with Crippen molar-refractivity contribution in [1.82, 2.24) is 5.32 Å². The van der Waals surface area contributed by atoms with E-state index in [1.165, 1.54) is 0 Å². The molecule has 0 aliphatic carbocycles. The van der Waals surface area contributed by atoms with Crippen LogP contribution in [0.25, 0.3) is 0 Å². The monoisotopic (exact) mass is 334 g/mol. The Kier molecular flexibility index (Phi) is 7.91. The summed E-state index contributed by atoms with van der Waals surface area (Å²) in [6, 6.07) is 6.19. The third-order valence-electron chi connectivity index (χ3n) is 3.35. The van der Waals surface area contributed by atoms with Gasteiger partial charge in [-0.3, -0.25) is 14.4 Å². The molecule has 0 unspecified atom stereocenters. The van der Waals surface area contributed by atoms with Crippen molar-refractivity contribution in [3.63, 3.8) is 0 Å².